The van der Waals surface area contributed by atoms with Gasteiger partial charge >= 0.3 is 0 Å². The molecule has 1 aliphatic rings. The first-order valence-electron chi connectivity index (χ1n) is 6.05. The van der Waals surface area contributed by atoms with Gasteiger partial charge in [0.05, 0.1) is 0 Å². The maximum atomic E-state index is 2.41. The molecule has 0 amide bonds. The predicted molar refractivity (Wildman–Crippen MR) is 68.8 cm³/mol. The minimum Gasteiger partial charge on any atom is -0.0908 e. The quantitative estimate of drug-likeness (QED) is 0.582. The van der Waals surface area contributed by atoms with Gasteiger partial charge in [-0.15, -0.1) is 0 Å². The van der Waals surface area contributed by atoms with Crippen molar-refractivity contribution in [2.75, 3.05) is 0 Å². The van der Waals surface area contributed by atoms with E-state index in [1.54, 1.807) is 0 Å². The molecule has 0 bridgehead atoms. The predicted octanol–water partition coefficient (Wildman–Crippen LogP) is 4.75. The lowest BCUT2D eigenvalue weighted by molar-refractivity contribution is 0.344. The molecule has 0 radical (unpaired) electrons. The smallest absolute Gasteiger partial charge is 0.0122 e. The third-order valence-electron chi connectivity index (χ3n) is 3.50. The van der Waals surface area contributed by atoms with Gasteiger partial charge in [-0.2, -0.15) is 0 Å². The van der Waals surface area contributed by atoms with Gasteiger partial charge in [-0.25, -0.2) is 0 Å². The molecule has 0 heteroatoms. The average Bonchev–Trinajstić information content (AvgIpc) is 2.18. The van der Waals surface area contributed by atoms with E-state index >= 15 is 0 Å². The van der Waals surface area contributed by atoms with E-state index < -0.39 is 0 Å². The highest BCUT2D eigenvalue weighted by atomic mass is 14.3. The lowest BCUT2D eigenvalue weighted by atomic mass is 9.71. The Labute approximate surface area is 94.8 Å². The third kappa shape index (κ3) is 2.62. The van der Waals surface area contributed by atoms with E-state index in [1.807, 2.05) is 0 Å². The van der Waals surface area contributed by atoms with Crippen LogP contribution in [0.2, 0.25) is 0 Å². The first kappa shape index (κ1) is 12.3. The number of hydrogen-bond donors (Lipinski definition) is 0. The van der Waals surface area contributed by atoms with Crippen LogP contribution in [0.3, 0.4) is 0 Å². The lowest BCUT2D eigenvalue weighted by Gasteiger charge is -2.34. The maximum Gasteiger partial charge on any atom is 0.0122 e. The summed E-state index contributed by atoms with van der Waals surface area (Å²) in [4.78, 5) is 0. The first-order valence-corrected chi connectivity index (χ1v) is 6.05. The molecule has 1 unspecified atom stereocenters. The Kier molecular flexibility index (Phi) is 3.96. The van der Waals surface area contributed by atoms with Crippen molar-refractivity contribution >= 4 is 0 Å². The fourth-order valence-corrected chi connectivity index (χ4v) is 2.16. The minimum atomic E-state index is 0.257. The van der Waals surface area contributed by atoms with Crippen molar-refractivity contribution in [3.05, 3.63) is 36.0 Å². The maximum absolute atomic E-state index is 2.41. The highest BCUT2D eigenvalue weighted by molar-refractivity contribution is 5.31. The van der Waals surface area contributed by atoms with Crippen molar-refractivity contribution in [3.8, 4) is 0 Å². The van der Waals surface area contributed by atoms with Gasteiger partial charge in [0.1, 0.15) is 0 Å². The van der Waals surface area contributed by atoms with Crippen molar-refractivity contribution < 1.29 is 0 Å². The van der Waals surface area contributed by atoms with Gasteiger partial charge < -0.3 is 0 Å². The molecular weight excluding hydrogens is 180 g/mol. The standard InChI is InChI=1S/C15H24/c1-6-9-15(13(4)5)10-7-14(8-11-15)12(2)3/h6-10,12-13H,11H2,1-5H3. The molecular formula is C15H24. The van der Waals surface area contributed by atoms with Gasteiger partial charge in [0.2, 0.25) is 0 Å². The summed E-state index contributed by atoms with van der Waals surface area (Å²) in [5, 5.41) is 0. The zero-order valence-corrected chi connectivity index (χ0v) is 10.7. The van der Waals surface area contributed by atoms with Crippen molar-refractivity contribution in [2.24, 2.45) is 17.3 Å². The second-order valence-corrected chi connectivity index (χ2v) is 5.16. The van der Waals surface area contributed by atoms with Crippen LogP contribution in [-0.4, -0.2) is 0 Å². The Hall–Kier alpha value is -0.780. The van der Waals surface area contributed by atoms with E-state index in [-0.39, 0.29) is 5.41 Å². The highest BCUT2D eigenvalue weighted by Crippen LogP contribution is 2.39. The van der Waals surface area contributed by atoms with E-state index in [4.69, 9.17) is 0 Å². The molecule has 15 heavy (non-hydrogen) atoms. The second-order valence-electron chi connectivity index (χ2n) is 5.16. The molecule has 0 aromatic carbocycles. The van der Waals surface area contributed by atoms with Crippen LogP contribution in [0.5, 0.6) is 0 Å². The van der Waals surface area contributed by atoms with Crippen LogP contribution in [0, 0.1) is 17.3 Å². The summed E-state index contributed by atoms with van der Waals surface area (Å²) < 4.78 is 0. The molecule has 0 nitrogen and oxygen atoms in total. The molecule has 0 N–H and O–H groups in total. The van der Waals surface area contributed by atoms with Crippen LogP contribution in [0.25, 0.3) is 0 Å². The normalized spacial score (nSPS) is 26.7. The molecule has 0 spiro atoms. The lowest BCUT2D eigenvalue weighted by Crippen LogP contribution is -2.24. The van der Waals surface area contributed by atoms with Gasteiger partial charge in [-0.3, -0.25) is 0 Å². The molecule has 0 heterocycles. The fourth-order valence-electron chi connectivity index (χ4n) is 2.16. The molecule has 0 saturated heterocycles. The Balaban J connectivity index is 2.89. The van der Waals surface area contributed by atoms with Crippen molar-refractivity contribution in [2.45, 2.75) is 41.0 Å². The van der Waals surface area contributed by atoms with E-state index in [0.717, 1.165) is 6.42 Å². The van der Waals surface area contributed by atoms with Crippen LogP contribution in [0.15, 0.2) is 36.0 Å². The summed E-state index contributed by atoms with van der Waals surface area (Å²) in [7, 11) is 0. The zero-order chi connectivity index (χ0) is 11.5. The van der Waals surface area contributed by atoms with Crippen molar-refractivity contribution in [1.29, 1.82) is 0 Å². The van der Waals surface area contributed by atoms with E-state index in [9.17, 15) is 0 Å². The molecule has 0 aromatic rings. The first-order chi connectivity index (χ1) is 7.02. The largest absolute Gasteiger partial charge is 0.0908 e. The number of hydrogen-bond acceptors (Lipinski definition) is 0. The molecule has 1 atom stereocenters. The molecule has 1 aliphatic carbocycles. The Bertz CT molecular complexity index is 289. The van der Waals surface area contributed by atoms with Crippen LogP contribution < -0.4 is 0 Å². The number of allylic oxidation sites excluding steroid dienone is 6. The molecule has 0 aliphatic heterocycles. The summed E-state index contributed by atoms with van der Waals surface area (Å²) in [6.45, 7) is 11.2. The SMILES string of the molecule is CC=CC1(C(C)C)C=CC(C(C)C)=CC1. The molecule has 0 aromatic heterocycles. The molecule has 0 fully saturated rings. The molecule has 1 rings (SSSR count). The van der Waals surface area contributed by atoms with Gasteiger partial charge in [0, 0.05) is 5.41 Å². The van der Waals surface area contributed by atoms with Gasteiger partial charge in [-0.05, 0) is 30.8 Å². The summed E-state index contributed by atoms with van der Waals surface area (Å²) in [6.07, 6.45) is 12.8. The van der Waals surface area contributed by atoms with Crippen LogP contribution >= 0.6 is 0 Å². The van der Waals surface area contributed by atoms with E-state index in [0.29, 0.717) is 11.8 Å². The Morgan fingerprint density at radius 3 is 2.27 bits per heavy atom. The third-order valence-corrected chi connectivity index (χ3v) is 3.50. The van der Waals surface area contributed by atoms with Crippen LogP contribution in [0.1, 0.15) is 41.0 Å². The summed E-state index contributed by atoms with van der Waals surface area (Å²) in [5.74, 6) is 1.31. The summed E-state index contributed by atoms with van der Waals surface area (Å²) >= 11 is 0. The van der Waals surface area contributed by atoms with Crippen molar-refractivity contribution in [1.82, 2.24) is 0 Å². The Morgan fingerprint density at radius 1 is 1.27 bits per heavy atom. The Morgan fingerprint density at radius 2 is 1.93 bits per heavy atom. The van der Waals surface area contributed by atoms with Gasteiger partial charge in [-0.1, -0.05) is 58.1 Å². The van der Waals surface area contributed by atoms with Crippen LogP contribution in [-0.2, 0) is 0 Å². The van der Waals surface area contributed by atoms with Crippen molar-refractivity contribution in [3.63, 3.8) is 0 Å². The monoisotopic (exact) mass is 204 g/mol. The summed E-state index contributed by atoms with van der Waals surface area (Å²) in [6, 6.07) is 0. The highest BCUT2D eigenvalue weighted by Gasteiger charge is 2.28. The van der Waals surface area contributed by atoms with Crippen LogP contribution in [0.4, 0.5) is 0 Å². The second kappa shape index (κ2) is 4.83. The topological polar surface area (TPSA) is 0 Å². The van der Waals surface area contributed by atoms with Gasteiger partial charge in [0.25, 0.3) is 0 Å². The number of rotatable bonds is 3. The fraction of sp³-hybridized carbons (Fsp3) is 0.600. The van der Waals surface area contributed by atoms with E-state index in [1.165, 1.54) is 5.57 Å². The van der Waals surface area contributed by atoms with E-state index in [2.05, 4.69) is 65.0 Å². The molecule has 84 valence electrons. The summed E-state index contributed by atoms with van der Waals surface area (Å²) in [5.41, 5.74) is 1.74. The average molecular weight is 204 g/mol. The minimum absolute atomic E-state index is 0.257. The van der Waals surface area contributed by atoms with Gasteiger partial charge in [0.15, 0.2) is 0 Å². The molecule has 0 saturated carbocycles. The zero-order valence-electron chi connectivity index (χ0n) is 10.7.